The molecule has 0 aliphatic carbocycles. The summed E-state index contributed by atoms with van der Waals surface area (Å²) in [6, 6.07) is 16.0. The SMILES string of the molecule is Cc1cc([C@@H](C)CC(C)S(N)=O)ccc1Oc1ccccc1. The summed E-state index contributed by atoms with van der Waals surface area (Å²) in [5, 5.41) is 5.45. The molecule has 2 aromatic rings. The molecule has 3 nitrogen and oxygen atoms in total. The molecule has 0 saturated carbocycles. The number of ether oxygens (including phenoxy) is 1. The van der Waals surface area contributed by atoms with Crippen molar-refractivity contribution in [1.82, 2.24) is 0 Å². The maximum Gasteiger partial charge on any atom is 0.130 e. The highest BCUT2D eigenvalue weighted by atomic mass is 32.2. The highest BCUT2D eigenvalue weighted by molar-refractivity contribution is 7.83. The third-order valence-electron chi connectivity index (χ3n) is 3.82. The number of rotatable bonds is 6. The average Bonchev–Trinajstić information content (AvgIpc) is 2.50. The Hall–Kier alpha value is -1.65. The second kappa shape index (κ2) is 7.56. The normalized spacial score (nSPS) is 15.1. The molecular weight excluding hydrogens is 294 g/mol. The Morgan fingerprint density at radius 1 is 1.14 bits per heavy atom. The molecule has 118 valence electrons. The number of benzene rings is 2. The number of aryl methyl sites for hydroxylation is 1. The van der Waals surface area contributed by atoms with Crippen molar-refractivity contribution < 1.29 is 8.95 Å². The predicted octanol–water partition coefficient (Wildman–Crippen LogP) is 4.29. The highest BCUT2D eigenvalue weighted by Gasteiger charge is 2.15. The quantitative estimate of drug-likeness (QED) is 0.864. The van der Waals surface area contributed by atoms with Crippen LogP contribution in [0.3, 0.4) is 0 Å². The minimum Gasteiger partial charge on any atom is -0.457 e. The van der Waals surface area contributed by atoms with Crippen molar-refractivity contribution in [3.63, 3.8) is 0 Å². The van der Waals surface area contributed by atoms with Gasteiger partial charge in [-0.3, -0.25) is 5.14 Å². The largest absolute Gasteiger partial charge is 0.457 e. The first-order valence-corrected chi connectivity index (χ1v) is 8.73. The first-order chi connectivity index (χ1) is 10.5. The van der Waals surface area contributed by atoms with Crippen LogP contribution < -0.4 is 9.88 Å². The van der Waals surface area contributed by atoms with E-state index in [1.165, 1.54) is 5.56 Å². The molecule has 0 amide bonds. The predicted molar refractivity (Wildman–Crippen MR) is 92.5 cm³/mol. The summed E-state index contributed by atoms with van der Waals surface area (Å²) in [4.78, 5) is 0. The van der Waals surface area contributed by atoms with Gasteiger partial charge in [0.15, 0.2) is 0 Å². The van der Waals surface area contributed by atoms with Crippen molar-refractivity contribution >= 4 is 11.0 Å². The van der Waals surface area contributed by atoms with Gasteiger partial charge in [0.25, 0.3) is 0 Å². The minimum atomic E-state index is -1.27. The van der Waals surface area contributed by atoms with Gasteiger partial charge in [-0.05, 0) is 55.5 Å². The molecule has 0 heterocycles. The standard InChI is InChI=1S/C18H23NO2S/c1-13(11-15(3)22(19)20)16-9-10-18(14(2)12-16)21-17-7-5-4-6-8-17/h4-10,12-13,15H,11,19H2,1-3H3/t13-,15?,22?/m0/s1. The fourth-order valence-electron chi connectivity index (χ4n) is 2.44. The lowest BCUT2D eigenvalue weighted by molar-refractivity contribution is 0.478. The van der Waals surface area contributed by atoms with E-state index in [1.54, 1.807) is 0 Å². The molecule has 4 heteroatoms. The van der Waals surface area contributed by atoms with E-state index < -0.39 is 11.0 Å². The van der Waals surface area contributed by atoms with Crippen molar-refractivity contribution in [1.29, 1.82) is 0 Å². The van der Waals surface area contributed by atoms with Crippen LogP contribution in [0.5, 0.6) is 11.5 Å². The average molecular weight is 317 g/mol. The van der Waals surface area contributed by atoms with Gasteiger partial charge in [-0.2, -0.15) is 0 Å². The van der Waals surface area contributed by atoms with Crippen LogP contribution in [0.4, 0.5) is 0 Å². The van der Waals surface area contributed by atoms with Gasteiger partial charge in [0, 0.05) is 5.25 Å². The van der Waals surface area contributed by atoms with Crippen LogP contribution in [-0.2, 0) is 11.0 Å². The summed E-state index contributed by atoms with van der Waals surface area (Å²) in [6.07, 6.45) is 0.807. The van der Waals surface area contributed by atoms with E-state index in [2.05, 4.69) is 19.1 Å². The van der Waals surface area contributed by atoms with Crippen molar-refractivity contribution in [2.75, 3.05) is 0 Å². The molecule has 0 bridgehead atoms. The molecule has 2 rings (SSSR count). The van der Waals surface area contributed by atoms with E-state index in [0.29, 0.717) is 5.92 Å². The fraction of sp³-hybridized carbons (Fsp3) is 0.333. The monoisotopic (exact) mass is 317 g/mol. The van der Waals surface area contributed by atoms with Gasteiger partial charge in [-0.25, -0.2) is 4.21 Å². The van der Waals surface area contributed by atoms with E-state index in [-0.39, 0.29) is 5.25 Å². The molecule has 0 aliphatic heterocycles. The van der Waals surface area contributed by atoms with Crippen LogP contribution in [0.15, 0.2) is 48.5 Å². The van der Waals surface area contributed by atoms with Crippen LogP contribution in [0, 0.1) is 6.92 Å². The second-order valence-corrected chi connectivity index (χ2v) is 7.18. The van der Waals surface area contributed by atoms with E-state index in [4.69, 9.17) is 9.88 Å². The molecule has 2 N–H and O–H groups in total. The fourth-order valence-corrected chi connectivity index (χ4v) is 2.92. The molecule has 0 aromatic heterocycles. The van der Waals surface area contributed by atoms with Crippen LogP contribution in [-0.4, -0.2) is 9.46 Å². The molecular formula is C18H23NO2S. The van der Waals surface area contributed by atoms with Gasteiger partial charge >= 0.3 is 0 Å². The zero-order valence-corrected chi connectivity index (χ0v) is 14.1. The second-order valence-electron chi connectivity index (χ2n) is 5.72. The minimum absolute atomic E-state index is 0.00412. The molecule has 22 heavy (non-hydrogen) atoms. The van der Waals surface area contributed by atoms with Crippen LogP contribution >= 0.6 is 0 Å². The van der Waals surface area contributed by atoms with Crippen LogP contribution in [0.2, 0.25) is 0 Å². The summed E-state index contributed by atoms with van der Waals surface area (Å²) in [5.41, 5.74) is 2.31. The van der Waals surface area contributed by atoms with E-state index in [1.807, 2.05) is 50.2 Å². The molecule has 0 aliphatic rings. The Morgan fingerprint density at radius 3 is 2.41 bits per heavy atom. The van der Waals surface area contributed by atoms with Crippen molar-refractivity contribution in [2.45, 2.75) is 38.4 Å². The smallest absolute Gasteiger partial charge is 0.130 e. The molecule has 0 saturated heterocycles. The summed E-state index contributed by atoms with van der Waals surface area (Å²) in [6.45, 7) is 6.10. The Balaban J connectivity index is 2.10. The van der Waals surface area contributed by atoms with Crippen LogP contribution in [0.1, 0.15) is 37.3 Å². The number of hydrogen-bond donors (Lipinski definition) is 1. The molecule has 2 aromatic carbocycles. The Morgan fingerprint density at radius 2 is 1.82 bits per heavy atom. The van der Waals surface area contributed by atoms with E-state index in [0.717, 1.165) is 23.5 Å². The van der Waals surface area contributed by atoms with E-state index in [9.17, 15) is 4.21 Å². The molecule has 3 atom stereocenters. The first kappa shape index (κ1) is 16.7. The van der Waals surface area contributed by atoms with Crippen molar-refractivity contribution in [3.05, 3.63) is 59.7 Å². The van der Waals surface area contributed by atoms with Gasteiger partial charge in [0.05, 0.1) is 11.0 Å². The van der Waals surface area contributed by atoms with Gasteiger partial charge in [-0.1, -0.05) is 37.3 Å². The Labute approximate surface area is 135 Å². The Kier molecular flexibility index (Phi) is 5.75. The first-order valence-electron chi connectivity index (χ1n) is 7.45. The zero-order chi connectivity index (χ0) is 16.1. The molecule has 0 fully saturated rings. The summed E-state index contributed by atoms with van der Waals surface area (Å²) >= 11 is 0. The maximum atomic E-state index is 11.3. The summed E-state index contributed by atoms with van der Waals surface area (Å²) < 4.78 is 17.2. The molecule has 0 spiro atoms. The van der Waals surface area contributed by atoms with E-state index >= 15 is 0 Å². The summed E-state index contributed by atoms with van der Waals surface area (Å²) in [5.74, 6) is 2.00. The lowest BCUT2D eigenvalue weighted by Gasteiger charge is -2.17. The Bertz CT molecular complexity index is 643. The third kappa shape index (κ3) is 4.42. The van der Waals surface area contributed by atoms with Crippen molar-refractivity contribution in [2.24, 2.45) is 5.14 Å². The third-order valence-corrected chi connectivity index (χ3v) is 4.81. The van der Waals surface area contributed by atoms with Gasteiger partial charge in [0.2, 0.25) is 0 Å². The number of nitrogens with two attached hydrogens (primary N) is 1. The topological polar surface area (TPSA) is 52.3 Å². The molecule has 0 radical (unpaired) electrons. The maximum absolute atomic E-state index is 11.3. The van der Waals surface area contributed by atoms with Gasteiger partial charge in [0.1, 0.15) is 11.5 Å². The summed E-state index contributed by atoms with van der Waals surface area (Å²) in [7, 11) is -1.27. The van der Waals surface area contributed by atoms with Gasteiger partial charge < -0.3 is 4.74 Å². The van der Waals surface area contributed by atoms with Crippen molar-refractivity contribution in [3.8, 4) is 11.5 Å². The number of para-hydroxylation sites is 1. The molecule has 2 unspecified atom stereocenters. The van der Waals surface area contributed by atoms with Gasteiger partial charge in [-0.15, -0.1) is 0 Å². The van der Waals surface area contributed by atoms with Crippen LogP contribution in [0.25, 0.3) is 0 Å². The lowest BCUT2D eigenvalue weighted by atomic mass is 9.95. The highest BCUT2D eigenvalue weighted by Crippen LogP contribution is 2.29. The zero-order valence-electron chi connectivity index (χ0n) is 13.3. The number of hydrogen-bond acceptors (Lipinski definition) is 2. The lowest BCUT2D eigenvalue weighted by Crippen LogP contribution is -2.20.